The molecule has 1 aromatic heterocycles. The summed E-state index contributed by atoms with van der Waals surface area (Å²) in [5.41, 5.74) is 3.58. The van der Waals surface area contributed by atoms with Gasteiger partial charge in [-0.1, -0.05) is 19.9 Å². The quantitative estimate of drug-likeness (QED) is 0.637. The molecule has 0 aliphatic heterocycles. The molecule has 0 spiro atoms. The van der Waals surface area contributed by atoms with E-state index in [0.717, 1.165) is 12.3 Å². The molecule has 1 aliphatic carbocycles. The average molecular weight is 252 g/mol. The van der Waals surface area contributed by atoms with Crippen LogP contribution in [0.4, 0.5) is 0 Å². The van der Waals surface area contributed by atoms with Gasteiger partial charge in [-0.15, -0.1) is 11.3 Å². The molecular weight excluding hydrogens is 228 g/mol. The number of nitrogens with one attached hydrogen (secondary N) is 1. The van der Waals surface area contributed by atoms with Gasteiger partial charge in [-0.2, -0.15) is 0 Å². The maximum Gasteiger partial charge on any atom is 0.0287 e. The van der Waals surface area contributed by atoms with Gasteiger partial charge in [0.15, 0.2) is 0 Å². The maximum atomic E-state index is 5.74. The van der Waals surface area contributed by atoms with Crippen molar-refractivity contribution in [3.05, 3.63) is 22.4 Å². The van der Waals surface area contributed by atoms with Crippen molar-refractivity contribution in [1.82, 2.24) is 5.43 Å². The number of hydrazine groups is 1. The molecule has 0 saturated heterocycles. The predicted octanol–water partition coefficient (Wildman–Crippen LogP) is 3.34. The average Bonchev–Trinajstić information content (AvgIpc) is 2.79. The summed E-state index contributed by atoms with van der Waals surface area (Å²) in [5.74, 6) is 6.49. The maximum absolute atomic E-state index is 5.74. The molecule has 1 saturated carbocycles. The fourth-order valence-electron chi connectivity index (χ4n) is 2.83. The Bertz CT molecular complexity index is 322. The lowest BCUT2D eigenvalue weighted by atomic mass is 9.71. The first-order valence-electron chi connectivity index (χ1n) is 6.59. The van der Waals surface area contributed by atoms with E-state index in [4.69, 9.17) is 5.84 Å². The molecule has 17 heavy (non-hydrogen) atoms. The Morgan fingerprint density at radius 1 is 1.47 bits per heavy atom. The van der Waals surface area contributed by atoms with Crippen molar-refractivity contribution in [1.29, 1.82) is 0 Å². The number of thiophene rings is 1. The molecule has 1 aliphatic rings. The minimum Gasteiger partial charge on any atom is -0.271 e. The van der Waals surface area contributed by atoms with E-state index in [9.17, 15) is 0 Å². The van der Waals surface area contributed by atoms with Crippen LogP contribution in [0.15, 0.2) is 17.5 Å². The molecule has 0 radical (unpaired) electrons. The molecule has 0 amide bonds. The third-order valence-corrected chi connectivity index (χ3v) is 5.07. The zero-order valence-electron chi connectivity index (χ0n) is 10.9. The molecule has 3 N–H and O–H groups in total. The van der Waals surface area contributed by atoms with E-state index in [1.165, 1.54) is 30.6 Å². The van der Waals surface area contributed by atoms with Crippen molar-refractivity contribution in [3.63, 3.8) is 0 Å². The first-order valence-corrected chi connectivity index (χ1v) is 7.47. The third kappa shape index (κ3) is 3.54. The Kier molecular flexibility index (Phi) is 4.23. The van der Waals surface area contributed by atoms with Gasteiger partial charge < -0.3 is 0 Å². The smallest absolute Gasteiger partial charge is 0.0287 e. The first kappa shape index (κ1) is 13.1. The van der Waals surface area contributed by atoms with Gasteiger partial charge in [0, 0.05) is 10.9 Å². The third-order valence-electron chi connectivity index (χ3n) is 4.17. The molecule has 1 atom stereocenters. The Balaban J connectivity index is 1.91. The highest BCUT2D eigenvalue weighted by Crippen LogP contribution is 2.39. The fourth-order valence-corrected chi connectivity index (χ4v) is 3.60. The van der Waals surface area contributed by atoms with Crippen molar-refractivity contribution >= 4 is 11.3 Å². The van der Waals surface area contributed by atoms with Crippen LogP contribution in [0, 0.1) is 11.3 Å². The predicted molar refractivity (Wildman–Crippen MR) is 74.9 cm³/mol. The summed E-state index contributed by atoms with van der Waals surface area (Å²) in [6.07, 6.45) is 6.38. The van der Waals surface area contributed by atoms with Crippen LogP contribution >= 0.6 is 11.3 Å². The summed E-state index contributed by atoms with van der Waals surface area (Å²) in [4.78, 5) is 1.44. The van der Waals surface area contributed by atoms with E-state index in [-0.39, 0.29) is 0 Å². The second-order valence-electron chi connectivity index (χ2n) is 6.06. The molecule has 0 aromatic carbocycles. The second kappa shape index (κ2) is 5.51. The summed E-state index contributed by atoms with van der Waals surface area (Å²) >= 11 is 1.83. The zero-order chi connectivity index (χ0) is 12.3. The van der Waals surface area contributed by atoms with E-state index in [1.54, 1.807) is 0 Å². The highest BCUT2D eigenvalue weighted by atomic mass is 32.1. The molecule has 1 heterocycles. The van der Waals surface area contributed by atoms with Crippen molar-refractivity contribution in [2.45, 2.75) is 52.0 Å². The van der Waals surface area contributed by atoms with Gasteiger partial charge in [0.2, 0.25) is 0 Å². The van der Waals surface area contributed by atoms with Crippen LogP contribution in [-0.4, -0.2) is 6.04 Å². The van der Waals surface area contributed by atoms with Gasteiger partial charge in [0.05, 0.1) is 0 Å². The van der Waals surface area contributed by atoms with E-state index in [1.807, 2.05) is 11.3 Å². The van der Waals surface area contributed by atoms with Gasteiger partial charge in [0.1, 0.15) is 0 Å². The van der Waals surface area contributed by atoms with Crippen molar-refractivity contribution in [2.75, 3.05) is 0 Å². The highest BCUT2D eigenvalue weighted by molar-refractivity contribution is 7.09. The Morgan fingerprint density at radius 3 is 2.71 bits per heavy atom. The SMILES string of the molecule is CC1(C)CCC(C(Cc2cccs2)NN)CC1. The van der Waals surface area contributed by atoms with Crippen LogP contribution in [0.1, 0.15) is 44.4 Å². The zero-order valence-corrected chi connectivity index (χ0v) is 11.7. The lowest BCUT2D eigenvalue weighted by Crippen LogP contribution is -2.44. The normalized spacial score (nSPS) is 22.5. The van der Waals surface area contributed by atoms with Crippen LogP contribution in [-0.2, 0) is 6.42 Å². The molecule has 1 fully saturated rings. The van der Waals surface area contributed by atoms with Crippen molar-refractivity contribution in [3.8, 4) is 0 Å². The Morgan fingerprint density at radius 2 is 2.18 bits per heavy atom. The molecule has 96 valence electrons. The van der Waals surface area contributed by atoms with Crippen LogP contribution in [0.2, 0.25) is 0 Å². The Labute approximate surface area is 109 Å². The first-order chi connectivity index (χ1) is 8.11. The van der Waals surface area contributed by atoms with Gasteiger partial charge in [-0.25, -0.2) is 0 Å². The van der Waals surface area contributed by atoms with Crippen molar-refractivity contribution in [2.24, 2.45) is 17.2 Å². The van der Waals surface area contributed by atoms with E-state index >= 15 is 0 Å². The lowest BCUT2D eigenvalue weighted by Gasteiger charge is -2.37. The molecular formula is C14H24N2S. The van der Waals surface area contributed by atoms with Crippen LogP contribution < -0.4 is 11.3 Å². The second-order valence-corrected chi connectivity index (χ2v) is 7.09. The topological polar surface area (TPSA) is 38.0 Å². The fraction of sp³-hybridized carbons (Fsp3) is 0.714. The minimum atomic E-state index is 0.449. The monoisotopic (exact) mass is 252 g/mol. The molecule has 1 aromatic rings. The summed E-state index contributed by atoms with van der Waals surface area (Å²) in [7, 11) is 0. The standard InChI is InChI=1S/C14H24N2S/c1-14(2)7-5-11(6-8-14)13(16-15)10-12-4-3-9-17-12/h3-4,9,11,13,16H,5-8,10,15H2,1-2H3. The molecule has 3 heteroatoms. The number of hydrogen-bond donors (Lipinski definition) is 2. The van der Waals surface area contributed by atoms with E-state index in [2.05, 4.69) is 36.8 Å². The van der Waals surface area contributed by atoms with Crippen LogP contribution in [0.25, 0.3) is 0 Å². The van der Waals surface area contributed by atoms with E-state index < -0.39 is 0 Å². The van der Waals surface area contributed by atoms with Crippen molar-refractivity contribution < 1.29 is 0 Å². The van der Waals surface area contributed by atoms with Gasteiger partial charge in [0.25, 0.3) is 0 Å². The molecule has 0 bridgehead atoms. The minimum absolute atomic E-state index is 0.449. The van der Waals surface area contributed by atoms with Crippen LogP contribution in [0.3, 0.4) is 0 Å². The van der Waals surface area contributed by atoms with Gasteiger partial charge >= 0.3 is 0 Å². The summed E-state index contributed by atoms with van der Waals surface area (Å²) in [5, 5.41) is 2.15. The van der Waals surface area contributed by atoms with E-state index in [0.29, 0.717) is 11.5 Å². The number of rotatable bonds is 4. The Hall–Kier alpha value is -0.380. The van der Waals surface area contributed by atoms with Gasteiger partial charge in [-0.3, -0.25) is 11.3 Å². The molecule has 2 rings (SSSR count). The number of nitrogens with two attached hydrogens (primary N) is 1. The highest BCUT2D eigenvalue weighted by Gasteiger charge is 2.31. The molecule has 2 nitrogen and oxygen atoms in total. The summed E-state index contributed by atoms with van der Waals surface area (Å²) in [6.45, 7) is 4.76. The molecule has 1 unspecified atom stereocenters. The number of hydrogen-bond acceptors (Lipinski definition) is 3. The summed E-state index contributed by atoms with van der Waals surface area (Å²) in [6, 6.07) is 4.78. The van der Waals surface area contributed by atoms with Gasteiger partial charge in [-0.05, 0) is 54.9 Å². The van der Waals surface area contributed by atoms with Crippen LogP contribution in [0.5, 0.6) is 0 Å². The largest absolute Gasteiger partial charge is 0.271 e. The lowest BCUT2D eigenvalue weighted by molar-refractivity contribution is 0.161. The summed E-state index contributed by atoms with van der Waals surface area (Å²) < 4.78 is 0.